The summed E-state index contributed by atoms with van der Waals surface area (Å²) in [5.41, 5.74) is 0. The van der Waals surface area contributed by atoms with Crippen LogP contribution in [0.5, 0.6) is 0 Å². The fraction of sp³-hybridized carbons (Fsp3) is 0.923. The van der Waals surface area contributed by atoms with Gasteiger partial charge >= 0.3 is 0 Å². The standard InChI is InChI=1S/C13H26N2O2/c1-4-7-12-13(16)15(11(3)14-12)8-6-10-17-9-5-2/h11-12,14H,4-10H2,1-3H3. The second-order valence-corrected chi connectivity index (χ2v) is 4.68. The topological polar surface area (TPSA) is 41.6 Å². The molecule has 4 heteroatoms. The van der Waals surface area contributed by atoms with Crippen LogP contribution in [0.1, 0.15) is 46.5 Å². The zero-order valence-corrected chi connectivity index (χ0v) is 11.4. The Labute approximate surface area is 105 Å². The SMILES string of the molecule is CCCOCCCN1C(=O)C(CCC)NC1C. The van der Waals surface area contributed by atoms with Crippen LogP contribution in [0.15, 0.2) is 0 Å². The molecule has 1 heterocycles. The van der Waals surface area contributed by atoms with Gasteiger partial charge in [0.05, 0.1) is 12.2 Å². The number of ether oxygens (including phenoxy) is 1. The largest absolute Gasteiger partial charge is 0.381 e. The molecule has 0 aromatic carbocycles. The van der Waals surface area contributed by atoms with Crippen molar-refractivity contribution in [3.05, 3.63) is 0 Å². The summed E-state index contributed by atoms with van der Waals surface area (Å²) in [4.78, 5) is 14.0. The maximum atomic E-state index is 12.0. The molecule has 17 heavy (non-hydrogen) atoms. The minimum Gasteiger partial charge on any atom is -0.381 e. The van der Waals surface area contributed by atoms with E-state index in [1.807, 2.05) is 4.90 Å². The first-order valence-corrected chi connectivity index (χ1v) is 6.85. The van der Waals surface area contributed by atoms with E-state index in [-0.39, 0.29) is 18.1 Å². The average Bonchev–Trinajstić information content (AvgIpc) is 2.56. The highest BCUT2D eigenvalue weighted by Crippen LogP contribution is 2.14. The van der Waals surface area contributed by atoms with E-state index in [2.05, 4.69) is 26.1 Å². The van der Waals surface area contributed by atoms with Crippen molar-refractivity contribution >= 4 is 5.91 Å². The smallest absolute Gasteiger partial charge is 0.241 e. The zero-order valence-electron chi connectivity index (χ0n) is 11.4. The van der Waals surface area contributed by atoms with Gasteiger partial charge in [0.15, 0.2) is 0 Å². The van der Waals surface area contributed by atoms with Crippen LogP contribution >= 0.6 is 0 Å². The number of nitrogens with zero attached hydrogens (tertiary/aromatic N) is 1. The molecule has 4 nitrogen and oxygen atoms in total. The van der Waals surface area contributed by atoms with Gasteiger partial charge in [0.25, 0.3) is 0 Å². The predicted octanol–water partition coefficient (Wildman–Crippen LogP) is 1.75. The molecule has 0 saturated carbocycles. The van der Waals surface area contributed by atoms with Gasteiger partial charge in [0.1, 0.15) is 0 Å². The zero-order chi connectivity index (χ0) is 12.7. The van der Waals surface area contributed by atoms with Gasteiger partial charge in [-0.2, -0.15) is 0 Å². The van der Waals surface area contributed by atoms with Crippen LogP contribution in [-0.4, -0.2) is 42.8 Å². The number of hydrogen-bond acceptors (Lipinski definition) is 3. The first-order chi connectivity index (χ1) is 8.20. The highest BCUT2D eigenvalue weighted by molar-refractivity contribution is 5.84. The van der Waals surface area contributed by atoms with Crippen molar-refractivity contribution in [3.8, 4) is 0 Å². The molecule has 2 unspecified atom stereocenters. The van der Waals surface area contributed by atoms with Gasteiger partial charge in [-0.05, 0) is 26.2 Å². The number of hydrogen-bond donors (Lipinski definition) is 1. The number of carbonyl (C=O) groups is 1. The van der Waals surface area contributed by atoms with Crippen LogP contribution < -0.4 is 5.32 Å². The number of rotatable bonds is 8. The van der Waals surface area contributed by atoms with E-state index in [9.17, 15) is 4.79 Å². The summed E-state index contributed by atoms with van der Waals surface area (Å²) in [5.74, 6) is 0.259. The summed E-state index contributed by atoms with van der Waals surface area (Å²) in [7, 11) is 0. The Morgan fingerprint density at radius 3 is 2.71 bits per heavy atom. The van der Waals surface area contributed by atoms with Crippen molar-refractivity contribution in [3.63, 3.8) is 0 Å². The molecule has 0 aromatic rings. The highest BCUT2D eigenvalue weighted by atomic mass is 16.5. The molecule has 0 radical (unpaired) electrons. The molecule has 1 saturated heterocycles. The summed E-state index contributed by atoms with van der Waals surface area (Å²) in [5, 5.41) is 3.34. The van der Waals surface area contributed by atoms with Crippen LogP contribution in [0.3, 0.4) is 0 Å². The van der Waals surface area contributed by atoms with Gasteiger partial charge in [0, 0.05) is 19.8 Å². The van der Waals surface area contributed by atoms with Crippen LogP contribution in [0.25, 0.3) is 0 Å². The van der Waals surface area contributed by atoms with Gasteiger partial charge in [-0.3, -0.25) is 10.1 Å². The maximum absolute atomic E-state index is 12.0. The molecule has 1 fully saturated rings. The number of carbonyl (C=O) groups excluding carboxylic acids is 1. The Morgan fingerprint density at radius 2 is 2.06 bits per heavy atom. The minimum absolute atomic E-state index is 0.0339. The molecular weight excluding hydrogens is 216 g/mol. The Kier molecular flexibility index (Phi) is 6.52. The Hall–Kier alpha value is -0.610. The monoisotopic (exact) mass is 242 g/mol. The van der Waals surface area contributed by atoms with Crippen molar-refractivity contribution in [2.45, 2.75) is 58.7 Å². The number of nitrogens with one attached hydrogen (secondary N) is 1. The quantitative estimate of drug-likeness (QED) is 0.659. The van der Waals surface area contributed by atoms with E-state index < -0.39 is 0 Å². The molecule has 100 valence electrons. The van der Waals surface area contributed by atoms with Gasteiger partial charge in [-0.15, -0.1) is 0 Å². The lowest BCUT2D eigenvalue weighted by atomic mass is 10.2. The molecule has 0 spiro atoms. The molecular formula is C13H26N2O2. The summed E-state index contributed by atoms with van der Waals surface area (Å²) < 4.78 is 5.43. The van der Waals surface area contributed by atoms with E-state index in [0.29, 0.717) is 0 Å². The van der Waals surface area contributed by atoms with Crippen molar-refractivity contribution in [1.82, 2.24) is 10.2 Å². The summed E-state index contributed by atoms with van der Waals surface area (Å²) in [6.45, 7) is 8.65. The highest BCUT2D eigenvalue weighted by Gasteiger charge is 2.34. The maximum Gasteiger partial charge on any atom is 0.241 e. The fourth-order valence-electron chi connectivity index (χ4n) is 2.23. The molecule has 0 aliphatic carbocycles. The van der Waals surface area contributed by atoms with Gasteiger partial charge < -0.3 is 9.64 Å². The molecule has 2 atom stereocenters. The van der Waals surface area contributed by atoms with E-state index in [0.717, 1.165) is 45.4 Å². The number of amides is 1. The van der Waals surface area contributed by atoms with Crippen LogP contribution in [0.2, 0.25) is 0 Å². The first kappa shape index (κ1) is 14.5. The summed E-state index contributed by atoms with van der Waals surface area (Å²) in [6, 6.07) is 0.0339. The van der Waals surface area contributed by atoms with Crippen molar-refractivity contribution in [2.24, 2.45) is 0 Å². The van der Waals surface area contributed by atoms with E-state index in [1.54, 1.807) is 0 Å². The fourth-order valence-corrected chi connectivity index (χ4v) is 2.23. The second-order valence-electron chi connectivity index (χ2n) is 4.68. The van der Waals surface area contributed by atoms with E-state index in [4.69, 9.17) is 4.74 Å². The minimum atomic E-state index is 0.0339. The third-order valence-electron chi connectivity index (χ3n) is 3.10. The molecule has 0 aromatic heterocycles. The molecule has 1 amide bonds. The summed E-state index contributed by atoms with van der Waals surface area (Å²) >= 11 is 0. The average molecular weight is 242 g/mol. The lowest BCUT2D eigenvalue weighted by Gasteiger charge is -2.20. The van der Waals surface area contributed by atoms with Gasteiger partial charge in [-0.1, -0.05) is 20.3 Å². The predicted molar refractivity (Wildman–Crippen MR) is 68.7 cm³/mol. The molecule has 0 bridgehead atoms. The van der Waals surface area contributed by atoms with Crippen LogP contribution in [0.4, 0.5) is 0 Å². The molecule has 1 aliphatic heterocycles. The van der Waals surface area contributed by atoms with E-state index in [1.165, 1.54) is 0 Å². The van der Waals surface area contributed by atoms with Gasteiger partial charge in [0.2, 0.25) is 5.91 Å². The normalized spacial score (nSPS) is 24.6. The Bertz CT molecular complexity index is 233. The second kappa shape index (κ2) is 7.67. The molecule has 1 rings (SSSR count). The molecule has 1 aliphatic rings. The Morgan fingerprint density at radius 1 is 1.29 bits per heavy atom. The molecule has 1 N–H and O–H groups in total. The van der Waals surface area contributed by atoms with Crippen LogP contribution in [-0.2, 0) is 9.53 Å². The lowest BCUT2D eigenvalue weighted by molar-refractivity contribution is -0.130. The Balaban J connectivity index is 2.25. The van der Waals surface area contributed by atoms with Crippen molar-refractivity contribution in [2.75, 3.05) is 19.8 Å². The first-order valence-electron chi connectivity index (χ1n) is 6.85. The third kappa shape index (κ3) is 4.28. The van der Waals surface area contributed by atoms with Gasteiger partial charge in [-0.25, -0.2) is 0 Å². The van der Waals surface area contributed by atoms with Crippen molar-refractivity contribution < 1.29 is 9.53 Å². The summed E-state index contributed by atoms with van der Waals surface area (Å²) in [6.07, 6.45) is 4.14. The van der Waals surface area contributed by atoms with Crippen LogP contribution in [0, 0.1) is 0 Å². The van der Waals surface area contributed by atoms with E-state index >= 15 is 0 Å². The lowest BCUT2D eigenvalue weighted by Crippen LogP contribution is -2.35. The van der Waals surface area contributed by atoms with Crippen molar-refractivity contribution in [1.29, 1.82) is 0 Å². The third-order valence-corrected chi connectivity index (χ3v) is 3.10.